The molecule has 8 nitrogen and oxygen atoms in total. The molecule has 1 aliphatic heterocycles. The lowest BCUT2D eigenvalue weighted by Crippen LogP contribution is -2.48. The normalized spacial score (nSPS) is 13.8. The number of benzene rings is 2. The molecule has 0 spiro atoms. The first kappa shape index (κ1) is 27.0. The van der Waals surface area contributed by atoms with E-state index in [0.29, 0.717) is 13.0 Å². The van der Waals surface area contributed by atoms with Gasteiger partial charge in [0, 0.05) is 51.9 Å². The van der Waals surface area contributed by atoms with E-state index in [9.17, 15) is 14.4 Å². The van der Waals surface area contributed by atoms with E-state index in [1.165, 1.54) is 0 Å². The van der Waals surface area contributed by atoms with Crippen molar-refractivity contribution < 1.29 is 19.1 Å². The number of alkyl carbamates (subject to hydrolysis) is 1. The summed E-state index contributed by atoms with van der Waals surface area (Å²) in [6, 6.07) is 16.6. The lowest BCUT2D eigenvalue weighted by atomic mass is 10.0. The van der Waals surface area contributed by atoms with E-state index in [1.807, 2.05) is 24.0 Å². The molecule has 1 heterocycles. The highest BCUT2D eigenvalue weighted by Crippen LogP contribution is 2.25. The maximum atomic E-state index is 12.5. The number of carbonyl (C=O) groups excluding carboxylic acids is 3. The van der Waals surface area contributed by atoms with Gasteiger partial charge in [-0.05, 0) is 55.7 Å². The van der Waals surface area contributed by atoms with Gasteiger partial charge >= 0.3 is 6.09 Å². The molecule has 0 aromatic heterocycles. The van der Waals surface area contributed by atoms with E-state index in [1.54, 1.807) is 32.7 Å². The number of rotatable bonds is 7. The van der Waals surface area contributed by atoms with Crippen molar-refractivity contribution in [2.45, 2.75) is 46.3 Å². The molecule has 0 bridgehead atoms. The summed E-state index contributed by atoms with van der Waals surface area (Å²) in [6.07, 6.45) is -0.0493. The lowest BCUT2D eigenvalue weighted by molar-refractivity contribution is -0.131. The van der Waals surface area contributed by atoms with Gasteiger partial charge < -0.3 is 24.8 Å². The van der Waals surface area contributed by atoms with E-state index in [-0.39, 0.29) is 18.4 Å². The summed E-state index contributed by atoms with van der Waals surface area (Å²) in [5, 5.41) is 2.51. The molecule has 8 heteroatoms. The lowest BCUT2D eigenvalue weighted by Gasteiger charge is -2.36. The molecule has 3 amide bonds. The van der Waals surface area contributed by atoms with Crippen LogP contribution >= 0.6 is 0 Å². The van der Waals surface area contributed by atoms with E-state index in [4.69, 9.17) is 4.74 Å². The summed E-state index contributed by atoms with van der Waals surface area (Å²) in [5.41, 5.74) is 3.72. The van der Waals surface area contributed by atoms with E-state index < -0.39 is 11.7 Å². The molecule has 3 rings (SSSR count). The van der Waals surface area contributed by atoms with Crippen molar-refractivity contribution in [3.05, 3.63) is 54.1 Å². The highest BCUT2D eigenvalue weighted by Gasteiger charge is 2.20. The largest absolute Gasteiger partial charge is 0.444 e. The van der Waals surface area contributed by atoms with Gasteiger partial charge in [0.2, 0.25) is 11.8 Å². The Hall–Kier alpha value is -3.55. The summed E-state index contributed by atoms with van der Waals surface area (Å²) >= 11 is 0. The molecule has 0 radical (unpaired) electrons. The van der Waals surface area contributed by atoms with Crippen LogP contribution in [0.15, 0.2) is 48.5 Å². The van der Waals surface area contributed by atoms with Gasteiger partial charge in [0.25, 0.3) is 0 Å². The zero-order valence-electron chi connectivity index (χ0n) is 22.0. The zero-order valence-corrected chi connectivity index (χ0v) is 22.0. The number of anilines is 1. The Labute approximate surface area is 214 Å². The second-order valence-corrected chi connectivity index (χ2v) is 10.1. The Balaban J connectivity index is 1.55. The molecule has 1 aliphatic rings. The smallest absolute Gasteiger partial charge is 0.408 e. The Kier molecular flexibility index (Phi) is 8.96. The summed E-state index contributed by atoms with van der Waals surface area (Å²) in [4.78, 5) is 42.0. The van der Waals surface area contributed by atoms with Gasteiger partial charge in [-0.1, -0.05) is 37.3 Å². The molecule has 1 fully saturated rings. The summed E-state index contributed by atoms with van der Waals surface area (Å²) in [5.74, 6) is 0.0212. The van der Waals surface area contributed by atoms with Gasteiger partial charge in [0.15, 0.2) is 0 Å². The number of amides is 3. The predicted octanol–water partition coefficient (Wildman–Crippen LogP) is 3.90. The Morgan fingerprint density at radius 1 is 0.972 bits per heavy atom. The third-order valence-electron chi connectivity index (χ3n) is 6.06. The van der Waals surface area contributed by atoms with Gasteiger partial charge in [-0.3, -0.25) is 9.59 Å². The van der Waals surface area contributed by atoms with Crippen LogP contribution in [0.5, 0.6) is 0 Å². The minimum absolute atomic E-state index is 0.118. The van der Waals surface area contributed by atoms with Crippen LogP contribution in [0.1, 0.15) is 39.7 Å². The molecule has 1 N–H and O–H groups in total. The average molecular weight is 495 g/mol. The minimum atomic E-state index is -0.609. The predicted molar refractivity (Wildman–Crippen MR) is 142 cm³/mol. The molecule has 0 atom stereocenters. The zero-order chi connectivity index (χ0) is 26.3. The number of hydrogen-bond donors (Lipinski definition) is 1. The Morgan fingerprint density at radius 2 is 1.64 bits per heavy atom. The molecular weight excluding hydrogens is 456 g/mol. The summed E-state index contributed by atoms with van der Waals surface area (Å²) < 4.78 is 5.18. The molecule has 194 valence electrons. The van der Waals surface area contributed by atoms with Crippen molar-refractivity contribution in [3.8, 4) is 11.1 Å². The first-order chi connectivity index (χ1) is 17.1. The van der Waals surface area contributed by atoms with E-state index >= 15 is 0 Å². The van der Waals surface area contributed by atoms with Crippen LogP contribution in [-0.4, -0.2) is 73.1 Å². The number of ether oxygens (including phenoxy) is 1. The van der Waals surface area contributed by atoms with Gasteiger partial charge in [-0.25, -0.2) is 4.79 Å². The maximum absolute atomic E-state index is 12.5. The molecule has 0 saturated carbocycles. The highest BCUT2D eigenvalue weighted by atomic mass is 16.6. The van der Waals surface area contributed by atoms with Gasteiger partial charge in [-0.15, -0.1) is 0 Å². The number of likely N-dealkylation sites (N-methyl/N-ethyl adjacent to an activating group) is 1. The average Bonchev–Trinajstić information content (AvgIpc) is 2.86. The van der Waals surface area contributed by atoms with Crippen molar-refractivity contribution in [1.82, 2.24) is 15.1 Å². The van der Waals surface area contributed by atoms with Crippen LogP contribution in [-0.2, 0) is 20.9 Å². The first-order valence-electron chi connectivity index (χ1n) is 12.5. The second kappa shape index (κ2) is 11.9. The number of hydrogen-bond acceptors (Lipinski definition) is 5. The Morgan fingerprint density at radius 3 is 2.25 bits per heavy atom. The Bertz CT molecular complexity index is 1050. The molecule has 1 saturated heterocycles. The van der Waals surface area contributed by atoms with Gasteiger partial charge in [0.05, 0.1) is 0 Å². The van der Waals surface area contributed by atoms with Crippen LogP contribution in [0.4, 0.5) is 10.5 Å². The molecule has 36 heavy (non-hydrogen) atoms. The fourth-order valence-corrected chi connectivity index (χ4v) is 4.11. The van der Waals surface area contributed by atoms with Crippen molar-refractivity contribution in [1.29, 1.82) is 0 Å². The van der Waals surface area contributed by atoms with Crippen LogP contribution in [0, 0.1) is 0 Å². The van der Waals surface area contributed by atoms with Crippen LogP contribution in [0.2, 0.25) is 0 Å². The standard InChI is InChI=1S/C28H38N4O4/c1-6-25(33)32-16-14-31(15-17-32)24-12-10-22(11-13-24)23-9-7-8-21(18-23)20-30(5)26(34)19-29-27(35)36-28(2,3)4/h7-13,18H,6,14-17,19-20H2,1-5H3,(H,29,35). The second-order valence-electron chi connectivity index (χ2n) is 10.1. The van der Waals surface area contributed by atoms with Crippen molar-refractivity contribution in [2.75, 3.05) is 44.7 Å². The summed E-state index contributed by atoms with van der Waals surface area (Å²) in [6.45, 7) is 10.7. The number of nitrogens with zero attached hydrogens (tertiary/aromatic N) is 3. The third kappa shape index (κ3) is 7.73. The van der Waals surface area contributed by atoms with Crippen LogP contribution < -0.4 is 10.2 Å². The number of nitrogens with one attached hydrogen (secondary N) is 1. The SMILES string of the molecule is CCC(=O)N1CCN(c2ccc(-c3cccc(CN(C)C(=O)CNC(=O)OC(C)(C)C)c3)cc2)CC1. The molecular formula is C28H38N4O4. The quantitative estimate of drug-likeness (QED) is 0.632. The number of piperazine rings is 1. The summed E-state index contributed by atoms with van der Waals surface area (Å²) in [7, 11) is 1.72. The van der Waals surface area contributed by atoms with Gasteiger partial charge in [-0.2, -0.15) is 0 Å². The van der Waals surface area contributed by atoms with Crippen LogP contribution in [0.3, 0.4) is 0 Å². The van der Waals surface area contributed by atoms with E-state index in [2.05, 4.69) is 46.6 Å². The topological polar surface area (TPSA) is 82.2 Å². The third-order valence-corrected chi connectivity index (χ3v) is 6.06. The van der Waals surface area contributed by atoms with Crippen molar-refractivity contribution in [2.24, 2.45) is 0 Å². The van der Waals surface area contributed by atoms with Crippen LogP contribution in [0.25, 0.3) is 11.1 Å². The van der Waals surface area contributed by atoms with Gasteiger partial charge in [0.1, 0.15) is 12.1 Å². The molecule has 0 unspecified atom stereocenters. The molecule has 2 aromatic carbocycles. The maximum Gasteiger partial charge on any atom is 0.408 e. The molecule has 2 aromatic rings. The number of carbonyl (C=O) groups is 3. The van der Waals surface area contributed by atoms with Crippen molar-refractivity contribution in [3.63, 3.8) is 0 Å². The van der Waals surface area contributed by atoms with Crippen molar-refractivity contribution >= 4 is 23.6 Å². The minimum Gasteiger partial charge on any atom is -0.444 e. The van der Waals surface area contributed by atoms with E-state index in [0.717, 1.165) is 48.6 Å². The fourth-order valence-electron chi connectivity index (χ4n) is 4.11. The molecule has 0 aliphatic carbocycles. The highest BCUT2D eigenvalue weighted by molar-refractivity contribution is 5.82. The first-order valence-corrected chi connectivity index (χ1v) is 12.5. The monoisotopic (exact) mass is 494 g/mol. The fraction of sp³-hybridized carbons (Fsp3) is 0.464.